The Kier molecular flexibility index (Phi) is 12.0. The van der Waals surface area contributed by atoms with Crippen molar-refractivity contribution in [3.05, 3.63) is 91.3 Å². The molecule has 0 radical (unpaired) electrons. The van der Waals surface area contributed by atoms with Gasteiger partial charge in [0.05, 0.1) is 27.8 Å². The van der Waals surface area contributed by atoms with Crippen molar-refractivity contribution in [3.8, 4) is 5.75 Å². The minimum Gasteiger partial charge on any atom is -0.484 e. The van der Waals surface area contributed by atoms with Gasteiger partial charge in [-0.15, -0.1) is 0 Å². The second-order valence-corrected chi connectivity index (χ2v) is 12.6. The third-order valence-electron chi connectivity index (χ3n) is 6.78. The number of nitrogens with one attached hydrogen (secondary N) is 2. The smallest absolute Gasteiger partial charge is 0.339 e. The number of esters is 1. The molecule has 0 spiro atoms. The number of benzene rings is 3. The molecular formula is C33H31BrClN3O7S. The Morgan fingerprint density at radius 2 is 1.70 bits per heavy atom. The van der Waals surface area contributed by atoms with E-state index in [9.17, 15) is 24.0 Å². The van der Waals surface area contributed by atoms with Crippen molar-refractivity contribution in [1.29, 1.82) is 0 Å². The zero-order chi connectivity index (χ0) is 33.4. The lowest BCUT2D eigenvalue weighted by molar-refractivity contribution is -0.127. The van der Waals surface area contributed by atoms with E-state index in [1.54, 1.807) is 24.3 Å². The molecule has 46 heavy (non-hydrogen) atoms. The number of ether oxygens (including phenoxy) is 2. The minimum atomic E-state index is -0.633. The maximum atomic E-state index is 13.0. The van der Waals surface area contributed by atoms with Crippen LogP contribution in [-0.2, 0) is 19.1 Å². The SMILES string of the molecule is CCCCOC(=O)c1cc(NC(=O)CN2C(=O)S/C(=C/c3ccc(OCC(=O)Nc4cc(C)c(C)cc4Br)cc3)C2=O)ccc1Cl. The summed E-state index contributed by atoms with van der Waals surface area (Å²) >= 11 is 10.3. The molecule has 0 atom stereocenters. The summed E-state index contributed by atoms with van der Waals surface area (Å²) in [6.45, 7) is 5.43. The molecule has 4 rings (SSSR count). The number of aryl methyl sites for hydroxylation is 2. The molecule has 0 aromatic heterocycles. The van der Waals surface area contributed by atoms with E-state index < -0.39 is 29.6 Å². The maximum Gasteiger partial charge on any atom is 0.339 e. The van der Waals surface area contributed by atoms with Crippen LogP contribution in [0.5, 0.6) is 5.75 Å². The lowest BCUT2D eigenvalue weighted by atomic mass is 10.1. The van der Waals surface area contributed by atoms with Gasteiger partial charge >= 0.3 is 5.97 Å². The number of thioether (sulfide) groups is 1. The number of imide groups is 1. The van der Waals surface area contributed by atoms with Crippen LogP contribution < -0.4 is 15.4 Å². The maximum absolute atomic E-state index is 13.0. The molecular weight excluding hydrogens is 698 g/mol. The third-order valence-corrected chi connectivity index (χ3v) is 8.67. The standard InChI is InChI=1S/C33H31BrClN3O7S/c1-4-5-12-44-32(42)24-16-22(8-11-26(24)35)36-29(39)17-38-31(41)28(46-33(38)43)15-21-6-9-23(10-7-21)45-18-30(40)37-27-14-20(3)19(2)13-25(27)34/h6-11,13-16H,4-5,12,17-18H2,1-3H3,(H,36,39)(H,37,40)/b28-15+. The molecule has 240 valence electrons. The van der Waals surface area contributed by atoms with Gasteiger partial charge in [0.25, 0.3) is 17.1 Å². The number of anilines is 2. The number of halogens is 2. The van der Waals surface area contributed by atoms with Crippen molar-refractivity contribution in [2.45, 2.75) is 33.6 Å². The first-order chi connectivity index (χ1) is 21.9. The molecule has 1 heterocycles. The Hall–Kier alpha value is -4.13. The van der Waals surface area contributed by atoms with E-state index in [0.29, 0.717) is 35.2 Å². The van der Waals surface area contributed by atoms with Crippen LogP contribution in [0.1, 0.15) is 46.8 Å². The highest BCUT2D eigenvalue weighted by atomic mass is 79.9. The van der Waals surface area contributed by atoms with E-state index in [0.717, 1.165) is 26.9 Å². The minimum absolute atomic E-state index is 0.0925. The van der Waals surface area contributed by atoms with Crippen molar-refractivity contribution in [2.24, 2.45) is 0 Å². The molecule has 1 aliphatic rings. The Labute approximate surface area is 284 Å². The van der Waals surface area contributed by atoms with Crippen LogP contribution >= 0.6 is 39.3 Å². The Morgan fingerprint density at radius 3 is 2.41 bits per heavy atom. The van der Waals surface area contributed by atoms with E-state index in [1.807, 2.05) is 32.9 Å². The van der Waals surface area contributed by atoms with Crippen LogP contribution in [0.15, 0.2) is 64.0 Å². The van der Waals surface area contributed by atoms with Crippen molar-refractivity contribution in [1.82, 2.24) is 4.90 Å². The average molecular weight is 729 g/mol. The highest BCUT2D eigenvalue weighted by Gasteiger charge is 2.36. The molecule has 1 fully saturated rings. The van der Waals surface area contributed by atoms with Gasteiger partial charge in [-0.25, -0.2) is 4.79 Å². The lowest BCUT2D eigenvalue weighted by Gasteiger charge is -2.13. The summed E-state index contributed by atoms with van der Waals surface area (Å²) in [6, 6.07) is 14.8. The molecule has 0 bridgehead atoms. The van der Waals surface area contributed by atoms with Gasteiger partial charge in [0.2, 0.25) is 5.91 Å². The highest BCUT2D eigenvalue weighted by Crippen LogP contribution is 2.32. The van der Waals surface area contributed by atoms with Gasteiger partial charge < -0.3 is 20.1 Å². The van der Waals surface area contributed by atoms with E-state index in [2.05, 4.69) is 26.6 Å². The van der Waals surface area contributed by atoms with Crippen LogP contribution in [0.25, 0.3) is 6.08 Å². The molecule has 1 aliphatic heterocycles. The molecule has 3 aromatic rings. The van der Waals surface area contributed by atoms with E-state index in [-0.39, 0.29) is 40.3 Å². The number of amides is 4. The first-order valence-electron chi connectivity index (χ1n) is 14.3. The summed E-state index contributed by atoms with van der Waals surface area (Å²) in [5, 5.41) is 4.98. The first-order valence-corrected chi connectivity index (χ1v) is 16.2. The zero-order valence-electron chi connectivity index (χ0n) is 25.3. The van der Waals surface area contributed by atoms with Crippen LogP contribution in [0.3, 0.4) is 0 Å². The molecule has 2 N–H and O–H groups in total. The van der Waals surface area contributed by atoms with Crippen molar-refractivity contribution < 1.29 is 33.4 Å². The molecule has 0 saturated carbocycles. The molecule has 0 aliphatic carbocycles. The Balaban J connectivity index is 1.31. The van der Waals surface area contributed by atoms with E-state index in [4.69, 9.17) is 21.1 Å². The van der Waals surface area contributed by atoms with Crippen molar-refractivity contribution in [2.75, 3.05) is 30.4 Å². The summed E-state index contributed by atoms with van der Waals surface area (Å²) in [6.07, 6.45) is 3.10. The first kappa shape index (κ1) is 34.7. The second kappa shape index (κ2) is 15.9. The van der Waals surface area contributed by atoms with Crippen LogP contribution in [0.2, 0.25) is 5.02 Å². The topological polar surface area (TPSA) is 131 Å². The second-order valence-electron chi connectivity index (χ2n) is 10.3. The quantitative estimate of drug-likeness (QED) is 0.112. The summed E-state index contributed by atoms with van der Waals surface area (Å²) in [5.74, 6) is -1.75. The number of hydrogen-bond donors (Lipinski definition) is 2. The molecule has 1 saturated heterocycles. The van der Waals surface area contributed by atoms with Gasteiger partial charge in [0.15, 0.2) is 6.61 Å². The van der Waals surface area contributed by atoms with Gasteiger partial charge in [-0.2, -0.15) is 0 Å². The molecule has 13 heteroatoms. The number of nitrogens with zero attached hydrogens (tertiary/aromatic N) is 1. The van der Waals surface area contributed by atoms with Gasteiger partial charge in [0.1, 0.15) is 12.3 Å². The number of hydrogen-bond acceptors (Lipinski definition) is 8. The fourth-order valence-corrected chi connectivity index (χ4v) is 5.74. The molecule has 4 amide bonds. The van der Waals surface area contributed by atoms with Crippen LogP contribution in [0, 0.1) is 13.8 Å². The summed E-state index contributed by atoms with van der Waals surface area (Å²) in [5.41, 5.74) is 3.77. The van der Waals surface area contributed by atoms with Crippen molar-refractivity contribution >= 4 is 85.7 Å². The van der Waals surface area contributed by atoms with Crippen molar-refractivity contribution in [3.63, 3.8) is 0 Å². The van der Waals surface area contributed by atoms with Crippen LogP contribution in [0.4, 0.5) is 16.2 Å². The lowest BCUT2D eigenvalue weighted by Crippen LogP contribution is -2.36. The zero-order valence-corrected chi connectivity index (χ0v) is 28.4. The van der Waals surface area contributed by atoms with Gasteiger partial charge in [-0.3, -0.25) is 24.1 Å². The summed E-state index contributed by atoms with van der Waals surface area (Å²) in [4.78, 5) is 64.0. The molecule has 3 aromatic carbocycles. The van der Waals surface area contributed by atoms with Gasteiger partial charge in [-0.05, 0) is 113 Å². The number of rotatable bonds is 12. The van der Waals surface area contributed by atoms with Gasteiger partial charge in [0, 0.05) is 10.2 Å². The average Bonchev–Trinajstić information content (AvgIpc) is 3.27. The normalized spacial score (nSPS) is 13.6. The molecule has 0 unspecified atom stereocenters. The fraction of sp³-hybridized carbons (Fsp3) is 0.242. The number of carbonyl (C=O) groups excluding carboxylic acids is 5. The number of unbranched alkanes of at least 4 members (excludes halogenated alkanes) is 1. The van der Waals surface area contributed by atoms with Gasteiger partial charge in [-0.1, -0.05) is 37.1 Å². The third kappa shape index (κ3) is 9.21. The predicted octanol–water partition coefficient (Wildman–Crippen LogP) is 7.37. The van der Waals surface area contributed by atoms with Crippen LogP contribution in [-0.4, -0.2) is 53.6 Å². The highest BCUT2D eigenvalue weighted by molar-refractivity contribution is 9.10. The number of carbonyl (C=O) groups is 5. The van der Waals surface area contributed by atoms with E-state index >= 15 is 0 Å². The van der Waals surface area contributed by atoms with E-state index in [1.165, 1.54) is 24.3 Å². The monoisotopic (exact) mass is 727 g/mol. The Bertz CT molecular complexity index is 1710. The Morgan fingerprint density at radius 1 is 0.978 bits per heavy atom. The largest absolute Gasteiger partial charge is 0.484 e. The summed E-state index contributed by atoms with van der Waals surface area (Å²) < 4.78 is 11.6. The summed E-state index contributed by atoms with van der Waals surface area (Å²) in [7, 11) is 0. The molecule has 10 nitrogen and oxygen atoms in total. The predicted molar refractivity (Wildman–Crippen MR) is 182 cm³/mol. The fourth-order valence-electron chi connectivity index (χ4n) is 4.15.